The fourth-order valence-corrected chi connectivity index (χ4v) is 1.90. The molecule has 0 radical (unpaired) electrons. The fourth-order valence-electron chi connectivity index (χ4n) is 1.90. The fraction of sp³-hybridized carbons (Fsp3) is 0.0909. The Morgan fingerprint density at radius 1 is 0.929 bits per heavy atom. The molecule has 3 rings (SSSR count). The van der Waals surface area contributed by atoms with Crippen molar-refractivity contribution in [3.05, 3.63) is 42.0 Å². The number of hydrogen-bond acceptors (Lipinski definition) is 1. The molecular formula is C11H11Cl2N. The summed E-state index contributed by atoms with van der Waals surface area (Å²) in [7, 11) is 0. The van der Waals surface area contributed by atoms with Gasteiger partial charge in [-0.15, -0.1) is 24.8 Å². The third-order valence-corrected chi connectivity index (χ3v) is 2.46. The summed E-state index contributed by atoms with van der Waals surface area (Å²) >= 11 is 0. The third kappa shape index (κ3) is 1.43. The lowest BCUT2D eigenvalue weighted by Gasteiger charge is -1.98. The monoisotopic (exact) mass is 227 g/mol. The molecule has 3 heteroatoms. The highest BCUT2D eigenvalue weighted by Gasteiger charge is 2.11. The molecule has 0 unspecified atom stereocenters. The van der Waals surface area contributed by atoms with Crippen LogP contribution in [0.4, 0.5) is 5.69 Å². The van der Waals surface area contributed by atoms with Crippen molar-refractivity contribution < 1.29 is 0 Å². The summed E-state index contributed by atoms with van der Waals surface area (Å²) in [4.78, 5) is 0. The summed E-state index contributed by atoms with van der Waals surface area (Å²) in [6, 6.07) is 12.9. The zero-order valence-corrected chi connectivity index (χ0v) is 9.12. The van der Waals surface area contributed by atoms with Gasteiger partial charge in [-0.05, 0) is 17.0 Å². The molecule has 0 aromatic heterocycles. The van der Waals surface area contributed by atoms with Crippen LogP contribution in [0, 0.1) is 0 Å². The van der Waals surface area contributed by atoms with Crippen molar-refractivity contribution in [3.63, 3.8) is 0 Å². The van der Waals surface area contributed by atoms with Gasteiger partial charge in [-0.25, -0.2) is 0 Å². The van der Waals surface area contributed by atoms with E-state index in [1.165, 1.54) is 22.0 Å². The van der Waals surface area contributed by atoms with Crippen LogP contribution >= 0.6 is 24.8 Å². The van der Waals surface area contributed by atoms with E-state index in [4.69, 9.17) is 0 Å². The van der Waals surface area contributed by atoms with Gasteiger partial charge in [-0.3, -0.25) is 0 Å². The van der Waals surface area contributed by atoms with Crippen molar-refractivity contribution >= 4 is 41.3 Å². The van der Waals surface area contributed by atoms with E-state index in [-0.39, 0.29) is 24.8 Å². The second-order valence-electron chi connectivity index (χ2n) is 3.17. The van der Waals surface area contributed by atoms with Gasteiger partial charge in [-0.2, -0.15) is 0 Å². The highest BCUT2D eigenvalue weighted by atomic mass is 35.5. The van der Waals surface area contributed by atoms with E-state index in [9.17, 15) is 0 Å². The quantitative estimate of drug-likeness (QED) is 0.726. The second kappa shape index (κ2) is 4.07. The predicted octanol–water partition coefficient (Wildman–Crippen LogP) is 3.61. The SMILES string of the molecule is Cl.Cl.c1cc2c3c(cccc3c1)NC2. The molecule has 0 fully saturated rings. The van der Waals surface area contributed by atoms with Crippen LogP contribution in [-0.2, 0) is 6.54 Å². The average molecular weight is 228 g/mol. The minimum atomic E-state index is 0. The van der Waals surface area contributed by atoms with E-state index in [2.05, 4.69) is 41.7 Å². The smallest absolute Gasteiger partial charge is 0.0426 e. The number of rotatable bonds is 0. The van der Waals surface area contributed by atoms with E-state index in [1.54, 1.807) is 0 Å². The van der Waals surface area contributed by atoms with Gasteiger partial charge in [-0.1, -0.05) is 30.3 Å². The molecule has 0 atom stereocenters. The molecule has 0 saturated heterocycles. The van der Waals surface area contributed by atoms with Gasteiger partial charge in [0.2, 0.25) is 0 Å². The Labute approximate surface area is 95.3 Å². The van der Waals surface area contributed by atoms with Gasteiger partial charge in [0.05, 0.1) is 0 Å². The van der Waals surface area contributed by atoms with Gasteiger partial charge in [0.1, 0.15) is 0 Å². The number of anilines is 1. The van der Waals surface area contributed by atoms with Crippen molar-refractivity contribution in [1.29, 1.82) is 0 Å². The molecule has 0 spiro atoms. The van der Waals surface area contributed by atoms with Crippen molar-refractivity contribution in [2.24, 2.45) is 0 Å². The molecule has 2 aromatic carbocycles. The maximum atomic E-state index is 3.37. The molecule has 1 nitrogen and oxygen atoms in total. The topological polar surface area (TPSA) is 12.0 Å². The molecular weight excluding hydrogens is 217 g/mol. The van der Waals surface area contributed by atoms with E-state index in [1.807, 2.05) is 0 Å². The van der Waals surface area contributed by atoms with Gasteiger partial charge in [0.25, 0.3) is 0 Å². The molecule has 0 saturated carbocycles. The summed E-state index contributed by atoms with van der Waals surface area (Å²) in [6.45, 7) is 0.983. The standard InChI is InChI=1S/C11H9N.2ClH/c1-3-8-4-2-6-10-11(8)9(5-1)7-12-10;;/h1-6,12H,7H2;2*1H. The van der Waals surface area contributed by atoms with Crippen LogP contribution in [0.15, 0.2) is 36.4 Å². The normalized spacial score (nSPS) is 11.4. The van der Waals surface area contributed by atoms with Crippen LogP contribution < -0.4 is 5.32 Å². The van der Waals surface area contributed by atoms with Crippen molar-refractivity contribution in [2.45, 2.75) is 6.54 Å². The molecule has 1 aliphatic heterocycles. The summed E-state index contributed by atoms with van der Waals surface area (Å²) in [6.07, 6.45) is 0. The van der Waals surface area contributed by atoms with Gasteiger partial charge in [0, 0.05) is 17.6 Å². The van der Waals surface area contributed by atoms with E-state index < -0.39 is 0 Å². The maximum Gasteiger partial charge on any atom is 0.0426 e. The zero-order valence-electron chi connectivity index (χ0n) is 7.49. The Kier molecular flexibility index (Phi) is 3.25. The first-order valence-corrected chi connectivity index (χ1v) is 4.20. The van der Waals surface area contributed by atoms with Crippen LogP contribution in [-0.4, -0.2) is 0 Å². The van der Waals surface area contributed by atoms with Gasteiger partial charge in [0.15, 0.2) is 0 Å². The summed E-state index contributed by atoms with van der Waals surface area (Å²) in [5, 5.41) is 6.12. The molecule has 74 valence electrons. The van der Waals surface area contributed by atoms with E-state index in [0.717, 1.165) is 6.54 Å². The number of benzene rings is 2. The lowest BCUT2D eigenvalue weighted by Crippen LogP contribution is -1.87. The number of nitrogens with one attached hydrogen (secondary N) is 1. The minimum absolute atomic E-state index is 0. The largest absolute Gasteiger partial charge is 0.380 e. The predicted molar refractivity (Wildman–Crippen MR) is 65.8 cm³/mol. The van der Waals surface area contributed by atoms with Crippen LogP contribution in [0.2, 0.25) is 0 Å². The Morgan fingerprint density at radius 3 is 2.43 bits per heavy atom. The first-order chi connectivity index (χ1) is 5.95. The lowest BCUT2D eigenvalue weighted by atomic mass is 10.1. The zero-order chi connectivity index (χ0) is 7.97. The Bertz CT molecular complexity index is 415. The third-order valence-electron chi connectivity index (χ3n) is 2.46. The van der Waals surface area contributed by atoms with Crippen LogP contribution in [0.25, 0.3) is 10.8 Å². The van der Waals surface area contributed by atoms with Crippen molar-refractivity contribution in [2.75, 3.05) is 5.32 Å². The Hall–Kier alpha value is -0.920. The average Bonchev–Trinajstić information content (AvgIpc) is 2.52. The van der Waals surface area contributed by atoms with Crippen molar-refractivity contribution in [3.8, 4) is 0 Å². The molecule has 0 amide bonds. The van der Waals surface area contributed by atoms with Gasteiger partial charge >= 0.3 is 0 Å². The highest BCUT2D eigenvalue weighted by molar-refractivity contribution is 5.98. The van der Waals surface area contributed by atoms with Crippen LogP contribution in [0.5, 0.6) is 0 Å². The van der Waals surface area contributed by atoms with E-state index >= 15 is 0 Å². The molecule has 14 heavy (non-hydrogen) atoms. The lowest BCUT2D eigenvalue weighted by molar-refractivity contribution is 1.22. The first kappa shape index (κ1) is 11.2. The second-order valence-corrected chi connectivity index (χ2v) is 3.17. The summed E-state index contributed by atoms with van der Waals surface area (Å²) < 4.78 is 0. The molecule has 1 heterocycles. The molecule has 0 bridgehead atoms. The Balaban J connectivity index is 0.000000490. The van der Waals surface area contributed by atoms with Gasteiger partial charge < -0.3 is 5.32 Å². The summed E-state index contributed by atoms with van der Waals surface area (Å²) in [5.74, 6) is 0. The first-order valence-electron chi connectivity index (χ1n) is 4.20. The Morgan fingerprint density at radius 2 is 1.64 bits per heavy atom. The highest BCUT2D eigenvalue weighted by Crippen LogP contribution is 2.32. The summed E-state index contributed by atoms with van der Waals surface area (Å²) in [5.41, 5.74) is 2.70. The van der Waals surface area contributed by atoms with Crippen molar-refractivity contribution in [1.82, 2.24) is 0 Å². The van der Waals surface area contributed by atoms with E-state index in [0.29, 0.717) is 0 Å². The maximum absolute atomic E-state index is 3.37. The molecule has 2 aromatic rings. The van der Waals surface area contributed by atoms with Crippen LogP contribution in [0.3, 0.4) is 0 Å². The number of halogens is 2. The number of hydrogen-bond donors (Lipinski definition) is 1. The van der Waals surface area contributed by atoms with Crippen LogP contribution in [0.1, 0.15) is 5.56 Å². The minimum Gasteiger partial charge on any atom is -0.380 e. The molecule has 0 aliphatic carbocycles. The molecule has 1 aliphatic rings. The molecule has 1 N–H and O–H groups in total.